The number of benzene rings is 1. The van der Waals surface area contributed by atoms with Gasteiger partial charge in [-0.1, -0.05) is 36.7 Å². The van der Waals surface area contributed by atoms with Crippen LogP contribution in [0.2, 0.25) is 5.02 Å². The summed E-state index contributed by atoms with van der Waals surface area (Å²) in [5, 5.41) is 9.91. The maximum atomic E-state index is 13.1. The van der Waals surface area contributed by atoms with Crippen LogP contribution in [0.3, 0.4) is 0 Å². The van der Waals surface area contributed by atoms with E-state index in [0.29, 0.717) is 29.3 Å². The number of aromatic nitrogens is 3. The molecule has 3 heterocycles. The zero-order valence-electron chi connectivity index (χ0n) is 15.5. The summed E-state index contributed by atoms with van der Waals surface area (Å²) in [6.45, 7) is 4.00. The van der Waals surface area contributed by atoms with Crippen molar-refractivity contribution in [1.29, 1.82) is 0 Å². The van der Waals surface area contributed by atoms with Crippen molar-refractivity contribution in [1.82, 2.24) is 19.5 Å². The Kier molecular flexibility index (Phi) is 4.95. The Morgan fingerprint density at radius 1 is 1.29 bits per heavy atom. The Bertz CT molecular complexity index is 1240. The molecule has 0 bridgehead atoms. The van der Waals surface area contributed by atoms with Gasteiger partial charge in [-0.15, -0.1) is 11.3 Å². The van der Waals surface area contributed by atoms with Crippen LogP contribution in [0.4, 0.5) is 0 Å². The lowest BCUT2D eigenvalue weighted by atomic mass is 10.2. The van der Waals surface area contributed by atoms with Gasteiger partial charge in [0.25, 0.3) is 5.56 Å². The molecule has 0 aliphatic carbocycles. The molecule has 0 aliphatic heterocycles. The number of carbonyl (C=O) groups is 1. The molecule has 1 N–H and O–H groups in total. The van der Waals surface area contributed by atoms with E-state index in [4.69, 9.17) is 11.6 Å². The van der Waals surface area contributed by atoms with E-state index in [1.807, 2.05) is 54.0 Å². The Balaban J connectivity index is 1.68. The van der Waals surface area contributed by atoms with Crippen LogP contribution in [0, 0.1) is 6.92 Å². The average molecular weight is 415 g/mol. The summed E-state index contributed by atoms with van der Waals surface area (Å²) in [7, 11) is 0. The highest BCUT2D eigenvalue weighted by Crippen LogP contribution is 2.25. The molecule has 144 valence electrons. The predicted octanol–water partition coefficient (Wildman–Crippen LogP) is 3.94. The summed E-state index contributed by atoms with van der Waals surface area (Å²) >= 11 is 7.73. The number of aryl methyl sites for hydroxylation is 1. The van der Waals surface area contributed by atoms with Crippen molar-refractivity contribution in [2.24, 2.45) is 0 Å². The van der Waals surface area contributed by atoms with E-state index in [-0.39, 0.29) is 11.5 Å². The van der Waals surface area contributed by atoms with Gasteiger partial charge in [-0.3, -0.25) is 14.0 Å². The van der Waals surface area contributed by atoms with E-state index in [9.17, 15) is 9.59 Å². The lowest BCUT2D eigenvalue weighted by molar-refractivity contribution is -0.125. The SMILES string of the molecule is CC[C@H](C(=O)NCc1ccccc1Cl)n1nc(C)n2c(cc3sccc32)c1=O. The first kappa shape index (κ1) is 18.7. The van der Waals surface area contributed by atoms with Crippen LogP contribution >= 0.6 is 22.9 Å². The van der Waals surface area contributed by atoms with Crippen molar-refractivity contribution in [2.45, 2.75) is 32.9 Å². The van der Waals surface area contributed by atoms with Gasteiger partial charge in [0.2, 0.25) is 5.91 Å². The molecular formula is C20H19ClN4O2S. The van der Waals surface area contributed by atoms with Crippen LogP contribution in [0.1, 0.15) is 30.8 Å². The summed E-state index contributed by atoms with van der Waals surface area (Å²) in [6.07, 6.45) is 0.450. The second kappa shape index (κ2) is 7.41. The zero-order chi connectivity index (χ0) is 19.8. The molecule has 8 heteroatoms. The van der Waals surface area contributed by atoms with Crippen molar-refractivity contribution >= 4 is 44.6 Å². The summed E-state index contributed by atoms with van der Waals surface area (Å²) in [6, 6.07) is 10.5. The number of hydrogen-bond acceptors (Lipinski definition) is 4. The van der Waals surface area contributed by atoms with Gasteiger partial charge >= 0.3 is 0 Å². The third kappa shape index (κ3) is 3.10. The monoisotopic (exact) mass is 414 g/mol. The van der Waals surface area contributed by atoms with Gasteiger partial charge in [0, 0.05) is 11.6 Å². The Morgan fingerprint density at radius 3 is 2.82 bits per heavy atom. The van der Waals surface area contributed by atoms with Gasteiger partial charge in [0.05, 0.1) is 10.2 Å². The second-order valence-corrected chi connectivity index (χ2v) is 7.92. The third-order valence-electron chi connectivity index (χ3n) is 4.82. The highest BCUT2D eigenvalue weighted by molar-refractivity contribution is 7.17. The predicted molar refractivity (Wildman–Crippen MR) is 112 cm³/mol. The number of halogens is 1. The molecule has 0 saturated heterocycles. The largest absolute Gasteiger partial charge is 0.350 e. The van der Waals surface area contributed by atoms with Crippen LogP contribution in [0.5, 0.6) is 0 Å². The lowest BCUT2D eigenvalue weighted by Crippen LogP contribution is -2.39. The molecule has 28 heavy (non-hydrogen) atoms. The molecule has 1 aromatic carbocycles. The van der Waals surface area contributed by atoms with E-state index in [1.165, 1.54) is 4.68 Å². The van der Waals surface area contributed by atoms with Gasteiger partial charge in [-0.05, 0) is 42.5 Å². The van der Waals surface area contributed by atoms with E-state index in [1.54, 1.807) is 17.4 Å². The normalized spacial score (nSPS) is 12.5. The van der Waals surface area contributed by atoms with Crippen LogP contribution in [0.25, 0.3) is 15.7 Å². The fourth-order valence-corrected chi connectivity index (χ4v) is 4.42. The fraction of sp³-hybridized carbons (Fsp3) is 0.250. The Labute approximate surface area is 170 Å². The first-order valence-corrected chi connectivity index (χ1v) is 10.3. The van der Waals surface area contributed by atoms with Crippen LogP contribution in [0.15, 0.2) is 46.6 Å². The minimum atomic E-state index is -0.688. The summed E-state index contributed by atoms with van der Waals surface area (Å²) < 4.78 is 4.17. The van der Waals surface area contributed by atoms with Crippen LogP contribution in [-0.4, -0.2) is 20.1 Å². The van der Waals surface area contributed by atoms with Crippen molar-refractivity contribution in [3.05, 3.63) is 68.5 Å². The van der Waals surface area contributed by atoms with Gasteiger partial charge in [-0.2, -0.15) is 5.10 Å². The number of carbonyl (C=O) groups excluding carboxylic acids is 1. The van der Waals surface area contributed by atoms with E-state index in [2.05, 4.69) is 10.4 Å². The fourth-order valence-electron chi connectivity index (χ4n) is 3.42. The molecule has 0 unspecified atom stereocenters. The molecular weight excluding hydrogens is 396 g/mol. The smallest absolute Gasteiger partial charge is 0.291 e. The lowest BCUT2D eigenvalue weighted by Gasteiger charge is -2.18. The molecule has 3 aromatic heterocycles. The molecule has 1 amide bonds. The first-order valence-electron chi connectivity index (χ1n) is 9.00. The quantitative estimate of drug-likeness (QED) is 0.537. The van der Waals surface area contributed by atoms with E-state index >= 15 is 0 Å². The molecule has 0 fully saturated rings. The molecule has 0 radical (unpaired) electrons. The maximum absolute atomic E-state index is 13.1. The minimum absolute atomic E-state index is 0.255. The standard InChI is InChI=1S/C20H19ClN4O2S/c1-3-15(19(26)22-11-13-6-4-5-7-14(13)21)25-20(27)17-10-18-16(8-9-28-18)24(17)12(2)23-25/h4-10,15H,3,11H2,1-2H3,(H,22,26)/t15-/m1/s1. The summed E-state index contributed by atoms with van der Waals surface area (Å²) in [4.78, 5) is 25.9. The zero-order valence-corrected chi connectivity index (χ0v) is 17.0. The maximum Gasteiger partial charge on any atom is 0.291 e. The number of hydrogen-bond donors (Lipinski definition) is 1. The Hall–Kier alpha value is -2.64. The summed E-state index contributed by atoms with van der Waals surface area (Å²) in [5.74, 6) is 0.412. The molecule has 6 nitrogen and oxygen atoms in total. The Morgan fingerprint density at radius 2 is 2.07 bits per heavy atom. The number of rotatable bonds is 5. The number of nitrogens with zero attached hydrogens (tertiary/aromatic N) is 3. The van der Waals surface area contributed by atoms with Gasteiger partial charge < -0.3 is 5.32 Å². The molecule has 4 aromatic rings. The van der Waals surface area contributed by atoms with Gasteiger partial charge in [0.1, 0.15) is 17.4 Å². The summed E-state index contributed by atoms with van der Waals surface area (Å²) in [5.41, 5.74) is 2.05. The molecule has 1 atom stereocenters. The van der Waals surface area contributed by atoms with Crippen molar-refractivity contribution in [3.63, 3.8) is 0 Å². The van der Waals surface area contributed by atoms with E-state index in [0.717, 1.165) is 15.8 Å². The molecule has 0 spiro atoms. The number of amides is 1. The third-order valence-corrected chi connectivity index (χ3v) is 6.04. The van der Waals surface area contributed by atoms with Crippen molar-refractivity contribution < 1.29 is 4.79 Å². The number of nitrogens with one attached hydrogen (secondary N) is 1. The topological polar surface area (TPSA) is 68.4 Å². The molecule has 0 saturated carbocycles. The first-order chi connectivity index (χ1) is 13.5. The van der Waals surface area contributed by atoms with E-state index < -0.39 is 6.04 Å². The van der Waals surface area contributed by atoms with Gasteiger partial charge in [-0.25, -0.2) is 4.68 Å². The van der Waals surface area contributed by atoms with Gasteiger partial charge in [0.15, 0.2) is 0 Å². The van der Waals surface area contributed by atoms with Crippen molar-refractivity contribution in [2.75, 3.05) is 0 Å². The average Bonchev–Trinajstić information content (AvgIpc) is 3.27. The second-order valence-electron chi connectivity index (χ2n) is 6.57. The van der Waals surface area contributed by atoms with Crippen LogP contribution in [-0.2, 0) is 11.3 Å². The highest BCUT2D eigenvalue weighted by atomic mass is 35.5. The van der Waals surface area contributed by atoms with Crippen molar-refractivity contribution in [3.8, 4) is 0 Å². The van der Waals surface area contributed by atoms with Crippen LogP contribution < -0.4 is 10.9 Å². The molecule has 0 aliphatic rings. The highest BCUT2D eigenvalue weighted by Gasteiger charge is 2.23. The number of thiophene rings is 1. The number of fused-ring (bicyclic) bond motifs is 3. The molecule has 4 rings (SSSR count). The minimum Gasteiger partial charge on any atom is -0.350 e.